The first kappa shape index (κ1) is 29.1. The number of pyridine rings is 2. The minimum Gasteiger partial charge on any atom is -0.454 e. The van der Waals surface area contributed by atoms with Crippen LogP contribution in [0.1, 0.15) is 10.4 Å². The van der Waals surface area contributed by atoms with Crippen LogP contribution >= 0.6 is 12.4 Å². The minimum atomic E-state index is -1.00. The summed E-state index contributed by atoms with van der Waals surface area (Å²) in [5, 5.41) is 15.4. The van der Waals surface area contributed by atoms with Gasteiger partial charge in [-0.25, -0.2) is 13.2 Å². The zero-order valence-electron chi connectivity index (χ0n) is 21.0. The lowest BCUT2D eigenvalue weighted by Crippen LogP contribution is -2.28. The molecular formula is C28H21ClF3N5O4. The molecule has 0 aliphatic rings. The van der Waals surface area contributed by atoms with E-state index in [4.69, 9.17) is 9.84 Å². The molecule has 0 saturated carbocycles. The number of ether oxygens (including phenoxy) is 1. The molecule has 0 aliphatic heterocycles. The number of nitrogens with one attached hydrogen (secondary N) is 1. The Balaban J connectivity index is 0.00000387. The van der Waals surface area contributed by atoms with Crippen molar-refractivity contribution in [2.75, 3.05) is 11.9 Å². The molecule has 0 atom stereocenters. The highest BCUT2D eigenvalue weighted by atomic mass is 35.5. The van der Waals surface area contributed by atoms with Gasteiger partial charge in [0.2, 0.25) is 0 Å². The molecule has 13 heteroatoms. The first-order valence-electron chi connectivity index (χ1n) is 11.9. The van der Waals surface area contributed by atoms with Gasteiger partial charge in [0.05, 0.1) is 30.7 Å². The first-order valence-corrected chi connectivity index (χ1v) is 11.9. The number of aliphatic hydroxyl groups excluding tert-OH is 1. The van der Waals surface area contributed by atoms with Gasteiger partial charge in [-0.05, 0) is 42.5 Å². The van der Waals surface area contributed by atoms with Crippen molar-refractivity contribution in [3.05, 3.63) is 119 Å². The largest absolute Gasteiger partial charge is 0.454 e. The van der Waals surface area contributed by atoms with Crippen LogP contribution < -0.4 is 15.6 Å². The number of carbonyl (C=O) groups excluding carboxylic acids is 1. The van der Waals surface area contributed by atoms with Crippen LogP contribution in [0, 0.1) is 17.5 Å². The summed E-state index contributed by atoms with van der Waals surface area (Å²) < 4.78 is 51.2. The van der Waals surface area contributed by atoms with E-state index in [1.165, 1.54) is 53.5 Å². The molecule has 5 rings (SSSR count). The molecular weight excluding hydrogens is 563 g/mol. The molecule has 0 fully saturated rings. The van der Waals surface area contributed by atoms with Gasteiger partial charge < -0.3 is 15.2 Å². The van der Waals surface area contributed by atoms with Gasteiger partial charge in [0.25, 0.3) is 11.5 Å². The Morgan fingerprint density at radius 2 is 1.80 bits per heavy atom. The van der Waals surface area contributed by atoms with Gasteiger partial charge in [0.1, 0.15) is 17.1 Å². The van der Waals surface area contributed by atoms with E-state index in [1.807, 2.05) is 0 Å². The minimum absolute atomic E-state index is 0. The number of benzene rings is 2. The smallest absolute Gasteiger partial charge is 0.267 e. The Hall–Kier alpha value is -4.94. The maximum absolute atomic E-state index is 14.9. The summed E-state index contributed by atoms with van der Waals surface area (Å²) in [6, 6.07) is 12.2. The second kappa shape index (κ2) is 12.5. The van der Waals surface area contributed by atoms with Crippen molar-refractivity contribution >= 4 is 24.0 Å². The number of halogens is 4. The summed E-state index contributed by atoms with van der Waals surface area (Å²) in [6.45, 7) is 0.219. The number of anilines is 1. The van der Waals surface area contributed by atoms with E-state index in [-0.39, 0.29) is 30.3 Å². The molecule has 1 amide bonds. The molecule has 210 valence electrons. The highest BCUT2D eigenvalue weighted by Gasteiger charge is 2.18. The quantitative estimate of drug-likeness (QED) is 0.267. The third-order valence-corrected chi connectivity index (χ3v) is 5.78. The number of amides is 1. The van der Waals surface area contributed by atoms with E-state index in [0.29, 0.717) is 23.5 Å². The Morgan fingerprint density at radius 3 is 2.56 bits per heavy atom. The lowest BCUT2D eigenvalue weighted by atomic mass is 10.2. The van der Waals surface area contributed by atoms with Gasteiger partial charge in [-0.1, -0.05) is 0 Å². The third kappa shape index (κ3) is 6.45. The van der Waals surface area contributed by atoms with E-state index in [0.717, 1.165) is 28.8 Å². The van der Waals surface area contributed by atoms with E-state index < -0.39 is 40.4 Å². The van der Waals surface area contributed by atoms with Crippen LogP contribution in [0.25, 0.3) is 16.9 Å². The molecule has 0 aliphatic carbocycles. The van der Waals surface area contributed by atoms with Gasteiger partial charge in [-0.3, -0.25) is 23.8 Å². The Labute approximate surface area is 236 Å². The van der Waals surface area contributed by atoms with E-state index >= 15 is 0 Å². The molecule has 3 aromatic heterocycles. The van der Waals surface area contributed by atoms with Crippen LogP contribution in [0.5, 0.6) is 11.5 Å². The number of carbonyl (C=O) groups is 1. The molecule has 3 heterocycles. The average molecular weight is 584 g/mol. The summed E-state index contributed by atoms with van der Waals surface area (Å²) in [7, 11) is 0. The summed E-state index contributed by atoms with van der Waals surface area (Å²) in [4.78, 5) is 29.9. The number of aromatic nitrogens is 4. The van der Waals surface area contributed by atoms with Crippen molar-refractivity contribution < 1.29 is 27.8 Å². The third-order valence-electron chi connectivity index (χ3n) is 5.78. The number of rotatable bonds is 8. The van der Waals surface area contributed by atoms with Gasteiger partial charge in [0.15, 0.2) is 17.4 Å². The second-order valence-electron chi connectivity index (χ2n) is 8.48. The van der Waals surface area contributed by atoms with Crippen molar-refractivity contribution in [1.29, 1.82) is 0 Å². The van der Waals surface area contributed by atoms with Gasteiger partial charge in [-0.2, -0.15) is 5.10 Å². The van der Waals surface area contributed by atoms with Crippen molar-refractivity contribution in [2.24, 2.45) is 0 Å². The molecule has 0 radical (unpaired) electrons. The van der Waals surface area contributed by atoms with Crippen LogP contribution in [0.15, 0.2) is 90.2 Å². The van der Waals surface area contributed by atoms with Crippen LogP contribution in [-0.2, 0) is 6.54 Å². The van der Waals surface area contributed by atoms with Crippen molar-refractivity contribution in [3.8, 4) is 28.4 Å². The van der Waals surface area contributed by atoms with Crippen molar-refractivity contribution in [1.82, 2.24) is 19.3 Å². The zero-order chi connectivity index (χ0) is 28.2. The highest BCUT2D eigenvalue weighted by Crippen LogP contribution is 2.31. The predicted octanol–water partition coefficient (Wildman–Crippen LogP) is 4.97. The van der Waals surface area contributed by atoms with Gasteiger partial charge in [-0.15, -0.1) is 12.4 Å². The van der Waals surface area contributed by atoms with E-state index in [2.05, 4.69) is 15.4 Å². The van der Waals surface area contributed by atoms with Crippen molar-refractivity contribution in [3.63, 3.8) is 0 Å². The monoisotopic (exact) mass is 583 g/mol. The fourth-order valence-corrected chi connectivity index (χ4v) is 3.84. The normalized spacial score (nSPS) is 10.6. The van der Waals surface area contributed by atoms with Crippen LogP contribution in [0.4, 0.5) is 18.9 Å². The Bertz CT molecular complexity index is 1760. The van der Waals surface area contributed by atoms with Gasteiger partial charge >= 0.3 is 0 Å². The number of nitrogens with zero attached hydrogens (tertiary/aromatic N) is 4. The van der Waals surface area contributed by atoms with Crippen LogP contribution in [-0.4, -0.2) is 37.0 Å². The number of aliphatic hydroxyl groups is 1. The molecule has 5 aromatic rings. The highest BCUT2D eigenvalue weighted by molar-refractivity contribution is 6.04. The molecule has 9 nitrogen and oxygen atoms in total. The molecule has 41 heavy (non-hydrogen) atoms. The standard InChI is InChI=1S/C28H20F3N5O4.ClH/c29-18-3-5-19(6-4-18)36-9-1-2-21(28(36)39)27(38)34-25-13-23(31)26(14-22(25)30)40-20-7-8-32-24(12-20)17-15-33-35(16-17)10-11-37;/h1-9,12-16,37H,10-11H2,(H,34,38);1H. The SMILES string of the molecule is Cl.O=C(Nc1cc(F)c(Oc2ccnc(-c3cnn(CCO)c3)c2)cc1F)c1cccn(-c2ccc(F)cc2)c1=O. The predicted molar refractivity (Wildman–Crippen MR) is 146 cm³/mol. The Morgan fingerprint density at radius 1 is 1.02 bits per heavy atom. The van der Waals surface area contributed by atoms with Gasteiger partial charge in [0, 0.05) is 48.0 Å². The summed E-state index contributed by atoms with van der Waals surface area (Å²) in [6.07, 6.45) is 6.03. The molecule has 0 bridgehead atoms. The fraction of sp³-hybridized carbons (Fsp3) is 0.0714. The zero-order valence-corrected chi connectivity index (χ0v) is 21.8. The van der Waals surface area contributed by atoms with Crippen LogP contribution in [0.2, 0.25) is 0 Å². The number of hydrogen-bond donors (Lipinski definition) is 2. The summed E-state index contributed by atoms with van der Waals surface area (Å²) in [5.41, 5.74) is -0.166. The maximum atomic E-state index is 14.9. The summed E-state index contributed by atoms with van der Waals surface area (Å²) in [5.74, 6) is -3.70. The van der Waals surface area contributed by atoms with Crippen LogP contribution in [0.3, 0.4) is 0 Å². The Kier molecular flexibility index (Phi) is 8.85. The molecule has 2 aromatic carbocycles. The van der Waals surface area contributed by atoms with E-state index in [1.54, 1.807) is 12.4 Å². The lowest BCUT2D eigenvalue weighted by Gasteiger charge is -2.12. The topological polar surface area (TPSA) is 111 Å². The average Bonchev–Trinajstić information content (AvgIpc) is 3.41. The molecule has 0 unspecified atom stereocenters. The maximum Gasteiger partial charge on any atom is 0.267 e. The fourth-order valence-electron chi connectivity index (χ4n) is 3.84. The van der Waals surface area contributed by atoms with E-state index in [9.17, 15) is 22.8 Å². The molecule has 0 spiro atoms. The lowest BCUT2D eigenvalue weighted by molar-refractivity contribution is 0.102. The molecule has 0 saturated heterocycles. The molecule has 2 N–H and O–H groups in total. The number of hydrogen-bond acceptors (Lipinski definition) is 6. The van der Waals surface area contributed by atoms with Crippen molar-refractivity contribution in [2.45, 2.75) is 6.54 Å². The second-order valence-corrected chi connectivity index (χ2v) is 8.48. The first-order chi connectivity index (χ1) is 19.3. The summed E-state index contributed by atoms with van der Waals surface area (Å²) >= 11 is 0.